The zero-order chi connectivity index (χ0) is 16.3. The van der Waals surface area contributed by atoms with E-state index in [4.69, 9.17) is 0 Å². The topological polar surface area (TPSA) is 58.2 Å². The molecule has 22 heavy (non-hydrogen) atoms. The molecule has 0 saturated carbocycles. The van der Waals surface area contributed by atoms with E-state index in [1.54, 1.807) is 0 Å². The Hall–Kier alpha value is -1.84. The highest BCUT2D eigenvalue weighted by atomic mass is 16.2. The molecule has 120 valence electrons. The second kappa shape index (κ2) is 6.51. The number of hydrogen-bond acceptors (Lipinski definition) is 2. The standard InChI is InChI=1S/C18H26N2O2/c1-12(19-16(21)17(22)20-18(2,3)4)14-10-9-13-7-5-6-8-15(13)11-14/h9-12H,5-8H2,1-4H3,(H,19,21)(H,20,22). The molecule has 0 heterocycles. The van der Waals surface area contributed by atoms with Gasteiger partial charge in [-0.2, -0.15) is 0 Å². The van der Waals surface area contributed by atoms with Gasteiger partial charge in [0.15, 0.2) is 0 Å². The van der Waals surface area contributed by atoms with Gasteiger partial charge in [-0.3, -0.25) is 9.59 Å². The molecule has 1 atom stereocenters. The van der Waals surface area contributed by atoms with Gasteiger partial charge in [0.2, 0.25) is 0 Å². The second-order valence-electron chi connectivity index (χ2n) is 7.13. The molecule has 0 radical (unpaired) electrons. The molecule has 0 saturated heterocycles. The van der Waals surface area contributed by atoms with Gasteiger partial charge in [-0.1, -0.05) is 18.2 Å². The fourth-order valence-electron chi connectivity index (χ4n) is 2.77. The van der Waals surface area contributed by atoms with E-state index < -0.39 is 17.4 Å². The van der Waals surface area contributed by atoms with Crippen LogP contribution in [0.1, 0.15) is 63.3 Å². The monoisotopic (exact) mass is 302 g/mol. The van der Waals surface area contributed by atoms with Crippen molar-refractivity contribution in [2.45, 2.75) is 65.0 Å². The molecule has 1 unspecified atom stereocenters. The van der Waals surface area contributed by atoms with Crippen molar-refractivity contribution in [2.24, 2.45) is 0 Å². The number of carbonyl (C=O) groups is 2. The van der Waals surface area contributed by atoms with Crippen molar-refractivity contribution in [2.75, 3.05) is 0 Å². The van der Waals surface area contributed by atoms with Crippen LogP contribution in [0.25, 0.3) is 0 Å². The van der Waals surface area contributed by atoms with E-state index >= 15 is 0 Å². The number of hydrogen-bond donors (Lipinski definition) is 2. The van der Waals surface area contributed by atoms with Crippen molar-refractivity contribution in [3.8, 4) is 0 Å². The van der Waals surface area contributed by atoms with Crippen LogP contribution in [0.2, 0.25) is 0 Å². The van der Waals surface area contributed by atoms with Gasteiger partial charge in [0, 0.05) is 5.54 Å². The molecule has 4 heteroatoms. The van der Waals surface area contributed by atoms with Gasteiger partial charge in [-0.15, -0.1) is 0 Å². The molecule has 4 nitrogen and oxygen atoms in total. The van der Waals surface area contributed by atoms with Crippen LogP contribution >= 0.6 is 0 Å². The SMILES string of the molecule is CC(NC(=O)C(=O)NC(C)(C)C)c1ccc2c(c1)CCCC2. The Kier molecular flexibility index (Phi) is 4.89. The summed E-state index contributed by atoms with van der Waals surface area (Å²) in [6.45, 7) is 7.47. The summed E-state index contributed by atoms with van der Waals surface area (Å²) >= 11 is 0. The highest BCUT2D eigenvalue weighted by Crippen LogP contribution is 2.24. The number of amides is 2. The second-order valence-corrected chi connectivity index (χ2v) is 7.13. The van der Waals surface area contributed by atoms with Gasteiger partial charge >= 0.3 is 11.8 Å². The largest absolute Gasteiger partial charge is 0.343 e. The average molecular weight is 302 g/mol. The summed E-state index contributed by atoms with van der Waals surface area (Å²) in [5.74, 6) is -1.17. The van der Waals surface area contributed by atoms with Gasteiger partial charge in [0.25, 0.3) is 0 Å². The Bertz CT molecular complexity index is 573. The first-order valence-corrected chi connectivity index (χ1v) is 8.01. The fourth-order valence-corrected chi connectivity index (χ4v) is 2.77. The summed E-state index contributed by atoms with van der Waals surface area (Å²) in [5.41, 5.74) is 3.43. The normalized spacial score (nSPS) is 15.6. The van der Waals surface area contributed by atoms with Crippen molar-refractivity contribution in [1.82, 2.24) is 10.6 Å². The highest BCUT2D eigenvalue weighted by Gasteiger charge is 2.22. The van der Waals surface area contributed by atoms with Gasteiger partial charge in [0.05, 0.1) is 6.04 Å². The zero-order valence-corrected chi connectivity index (χ0v) is 14.0. The van der Waals surface area contributed by atoms with E-state index in [0.29, 0.717) is 0 Å². The predicted octanol–water partition coefficient (Wildman–Crippen LogP) is 2.66. The molecule has 0 aromatic heterocycles. The maximum absolute atomic E-state index is 12.0. The lowest BCUT2D eigenvalue weighted by Gasteiger charge is -2.22. The maximum atomic E-state index is 12.0. The number of rotatable bonds is 2. The molecule has 1 aliphatic carbocycles. The van der Waals surface area contributed by atoms with E-state index in [1.807, 2.05) is 27.7 Å². The van der Waals surface area contributed by atoms with Gasteiger partial charge in [-0.25, -0.2) is 0 Å². The predicted molar refractivity (Wildman–Crippen MR) is 87.5 cm³/mol. The van der Waals surface area contributed by atoms with E-state index in [-0.39, 0.29) is 6.04 Å². The molecule has 1 aromatic carbocycles. The molecule has 1 aromatic rings. The molecule has 0 spiro atoms. The summed E-state index contributed by atoms with van der Waals surface area (Å²) in [4.78, 5) is 23.8. The van der Waals surface area contributed by atoms with Crippen LogP contribution in [-0.2, 0) is 22.4 Å². The molecule has 2 rings (SSSR count). The molecule has 0 aliphatic heterocycles. The Labute approximate surface area is 132 Å². The lowest BCUT2D eigenvalue weighted by Crippen LogP contribution is -2.48. The Morgan fingerprint density at radius 3 is 2.32 bits per heavy atom. The Morgan fingerprint density at radius 2 is 1.68 bits per heavy atom. The van der Waals surface area contributed by atoms with Gasteiger partial charge < -0.3 is 10.6 Å². The summed E-state index contributed by atoms with van der Waals surface area (Å²) in [6, 6.07) is 6.20. The van der Waals surface area contributed by atoms with Crippen molar-refractivity contribution in [3.05, 3.63) is 34.9 Å². The van der Waals surface area contributed by atoms with Gasteiger partial charge in [0.1, 0.15) is 0 Å². The molecule has 2 amide bonds. The van der Waals surface area contributed by atoms with E-state index in [9.17, 15) is 9.59 Å². The van der Waals surface area contributed by atoms with Crippen molar-refractivity contribution < 1.29 is 9.59 Å². The van der Waals surface area contributed by atoms with Crippen LogP contribution in [0.3, 0.4) is 0 Å². The number of fused-ring (bicyclic) bond motifs is 1. The third-order valence-electron chi connectivity index (χ3n) is 3.91. The first kappa shape index (κ1) is 16.5. The van der Waals surface area contributed by atoms with Crippen LogP contribution in [0.4, 0.5) is 0 Å². The number of benzene rings is 1. The Balaban J connectivity index is 2.01. The molecule has 0 fully saturated rings. The molecule has 1 aliphatic rings. The maximum Gasteiger partial charge on any atom is 0.309 e. The lowest BCUT2D eigenvalue weighted by molar-refractivity contribution is -0.140. The Morgan fingerprint density at radius 1 is 1.05 bits per heavy atom. The minimum Gasteiger partial charge on any atom is -0.343 e. The minimum atomic E-state index is -0.586. The minimum absolute atomic E-state index is 0.176. The summed E-state index contributed by atoms with van der Waals surface area (Å²) in [7, 11) is 0. The number of nitrogens with one attached hydrogen (secondary N) is 2. The van der Waals surface area contributed by atoms with Gasteiger partial charge in [-0.05, 0) is 70.1 Å². The van der Waals surface area contributed by atoms with Crippen LogP contribution in [0.15, 0.2) is 18.2 Å². The first-order valence-electron chi connectivity index (χ1n) is 8.01. The zero-order valence-electron chi connectivity index (χ0n) is 14.0. The van der Waals surface area contributed by atoms with Crippen molar-refractivity contribution in [1.29, 1.82) is 0 Å². The lowest BCUT2D eigenvalue weighted by atomic mass is 9.89. The van der Waals surface area contributed by atoms with Crippen LogP contribution in [0, 0.1) is 0 Å². The fraction of sp³-hybridized carbons (Fsp3) is 0.556. The third kappa shape index (κ3) is 4.33. The van der Waals surface area contributed by atoms with E-state index in [2.05, 4.69) is 28.8 Å². The van der Waals surface area contributed by atoms with Crippen molar-refractivity contribution >= 4 is 11.8 Å². The summed E-state index contributed by atoms with van der Waals surface area (Å²) in [6.07, 6.45) is 4.73. The first-order chi connectivity index (χ1) is 10.3. The third-order valence-corrected chi connectivity index (χ3v) is 3.91. The number of carbonyl (C=O) groups excluding carboxylic acids is 2. The molecular weight excluding hydrogens is 276 g/mol. The number of aryl methyl sites for hydroxylation is 2. The van der Waals surface area contributed by atoms with Crippen molar-refractivity contribution in [3.63, 3.8) is 0 Å². The highest BCUT2D eigenvalue weighted by molar-refractivity contribution is 6.35. The average Bonchev–Trinajstić information content (AvgIpc) is 2.44. The van der Waals surface area contributed by atoms with E-state index in [0.717, 1.165) is 18.4 Å². The summed E-state index contributed by atoms with van der Waals surface area (Å²) in [5, 5.41) is 5.45. The summed E-state index contributed by atoms with van der Waals surface area (Å²) < 4.78 is 0. The molecular formula is C18H26N2O2. The van der Waals surface area contributed by atoms with E-state index in [1.165, 1.54) is 24.0 Å². The smallest absolute Gasteiger partial charge is 0.309 e. The quantitative estimate of drug-likeness (QED) is 0.825. The van der Waals surface area contributed by atoms with Crippen LogP contribution in [0.5, 0.6) is 0 Å². The van der Waals surface area contributed by atoms with Crippen LogP contribution < -0.4 is 10.6 Å². The van der Waals surface area contributed by atoms with Crippen LogP contribution in [-0.4, -0.2) is 17.4 Å². The molecule has 2 N–H and O–H groups in total. The molecule has 0 bridgehead atoms.